The second kappa shape index (κ2) is 7.21. The Morgan fingerprint density at radius 3 is 2.50 bits per heavy atom. The Labute approximate surface area is 150 Å². The maximum atomic E-state index is 14.3. The Bertz CT molecular complexity index is 718. The van der Waals surface area contributed by atoms with Gasteiger partial charge in [-0.2, -0.15) is 0 Å². The molecule has 24 heavy (non-hydrogen) atoms. The van der Waals surface area contributed by atoms with Gasteiger partial charge in [0.15, 0.2) is 0 Å². The molecule has 0 radical (unpaired) electrons. The molecule has 0 aromatic heterocycles. The van der Waals surface area contributed by atoms with Gasteiger partial charge in [-0.15, -0.1) is 11.8 Å². The summed E-state index contributed by atoms with van der Waals surface area (Å²) in [6, 6.07) is 11.0. The fourth-order valence-electron chi connectivity index (χ4n) is 2.90. The second-order valence-corrected chi connectivity index (χ2v) is 7.63. The maximum Gasteiger partial charge on any atom is 0.150 e. The molecule has 1 saturated heterocycles. The van der Waals surface area contributed by atoms with E-state index in [1.165, 1.54) is 13.2 Å². The molecule has 0 bridgehead atoms. The molecule has 0 aliphatic carbocycles. The number of nitrogens with two attached hydrogens (primary N) is 1. The SMILES string of the molecule is COc1cc(C2(Sc3ccc(Cl)cc3)CCOCC2)cc(F)c1N. The molecule has 3 nitrogen and oxygen atoms in total. The predicted octanol–water partition coefficient (Wildman–Crippen LogP) is 4.87. The van der Waals surface area contributed by atoms with Gasteiger partial charge in [-0.1, -0.05) is 11.6 Å². The number of rotatable bonds is 4. The molecule has 2 N–H and O–H groups in total. The van der Waals surface area contributed by atoms with Gasteiger partial charge in [-0.25, -0.2) is 4.39 Å². The van der Waals surface area contributed by atoms with Gasteiger partial charge < -0.3 is 15.2 Å². The van der Waals surface area contributed by atoms with Crippen LogP contribution in [0.2, 0.25) is 5.02 Å². The van der Waals surface area contributed by atoms with Gasteiger partial charge in [0.1, 0.15) is 17.3 Å². The van der Waals surface area contributed by atoms with Crippen LogP contribution in [0.4, 0.5) is 10.1 Å². The van der Waals surface area contributed by atoms with Crippen LogP contribution in [0, 0.1) is 5.82 Å². The number of anilines is 1. The Balaban J connectivity index is 2.02. The molecule has 2 aromatic rings. The Morgan fingerprint density at radius 2 is 1.88 bits per heavy atom. The van der Waals surface area contributed by atoms with Gasteiger partial charge in [0.2, 0.25) is 0 Å². The maximum absolute atomic E-state index is 14.3. The third-order valence-corrected chi connectivity index (χ3v) is 6.06. The molecule has 0 amide bonds. The van der Waals surface area contributed by atoms with Gasteiger partial charge >= 0.3 is 0 Å². The van der Waals surface area contributed by atoms with Crippen molar-refractivity contribution in [2.45, 2.75) is 22.5 Å². The van der Waals surface area contributed by atoms with Gasteiger partial charge in [0.25, 0.3) is 0 Å². The van der Waals surface area contributed by atoms with Crippen molar-refractivity contribution in [3.05, 3.63) is 52.8 Å². The summed E-state index contributed by atoms with van der Waals surface area (Å²) in [5.74, 6) is -0.0838. The van der Waals surface area contributed by atoms with Crippen LogP contribution < -0.4 is 10.5 Å². The van der Waals surface area contributed by atoms with E-state index in [1.54, 1.807) is 11.8 Å². The van der Waals surface area contributed by atoms with Crippen LogP contribution in [0.25, 0.3) is 0 Å². The van der Waals surface area contributed by atoms with Gasteiger partial charge in [-0.05, 0) is 54.8 Å². The number of halogens is 2. The van der Waals surface area contributed by atoms with E-state index in [9.17, 15) is 4.39 Å². The number of hydrogen-bond donors (Lipinski definition) is 1. The molecule has 1 fully saturated rings. The van der Waals surface area contributed by atoms with Crippen LogP contribution in [0.5, 0.6) is 5.75 Å². The fourth-order valence-corrected chi connectivity index (χ4v) is 4.36. The first-order valence-corrected chi connectivity index (χ1v) is 8.89. The van der Waals surface area contributed by atoms with Crippen molar-refractivity contribution >= 4 is 29.1 Å². The summed E-state index contributed by atoms with van der Waals surface area (Å²) in [6.45, 7) is 1.27. The lowest BCUT2D eigenvalue weighted by atomic mass is 9.90. The summed E-state index contributed by atoms with van der Waals surface area (Å²) >= 11 is 7.68. The summed E-state index contributed by atoms with van der Waals surface area (Å²) in [5, 5.41) is 0.695. The number of ether oxygens (including phenoxy) is 2. The minimum absolute atomic E-state index is 0.0416. The van der Waals surface area contributed by atoms with E-state index in [0.717, 1.165) is 23.3 Å². The Hall–Kier alpha value is -1.43. The fraction of sp³-hybridized carbons (Fsp3) is 0.333. The quantitative estimate of drug-likeness (QED) is 0.783. The number of hydrogen-bond acceptors (Lipinski definition) is 4. The number of benzene rings is 2. The molecule has 0 unspecified atom stereocenters. The highest BCUT2D eigenvalue weighted by atomic mass is 35.5. The van der Waals surface area contributed by atoms with Gasteiger partial charge in [0.05, 0.1) is 11.9 Å². The summed E-state index contributed by atoms with van der Waals surface area (Å²) in [6.07, 6.45) is 1.57. The average molecular weight is 368 g/mol. The molecule has 1 heterocycles. The highest BCUT2D eigenvalue weighted by Crippen LogP contribution is 2.50. The summed E-state index contributed by atoms with van der Waals surface area (Å²) in [7, 11) is 1.50. The van der Waals surface area contributed by atoms with Crippen LogP contribution in [0.15, 0.2) is 41.3 Å². The third-order valence-electron chi connectivity index (χ3n) is 4.26. The highest BCUT2D eigenvalue weighted by molar-refractivity contribution is 8.00. The molecular formula is C18H19ClFNO2S. The molecular weight excluding hydrogens is 349 g/mol. The summed E-state index contributed by atoms with van der Waals surface area (Å²) < 4.78 is 24.8. The molecule has 0 atom stereocenters. The summed E-state index contributed by atoms with van der Waals surface area (Å²) in [5.41, 5.74) is 6.67. The molecule has 3 rings (SSSR count). The topological polar surface area (TPSA) is 44.5 Å². The minimum atomic E-state index is -0.452. The van der Waals surface area contributed by atoms with Gasteiger partial charge in [-0.3, -0.25) is 0 Å². The van der Waals surface area contributed by atoms with Crippen molar-refractivity contribution in [1.29, 1.82) is 0 Å². The largest absolute Gasteiger partial charge is 0.494 e. The zero-order valence-corrected chi connectivity index (χ0v) is 14.9. The van der Waals surface area contributed by atoms with E-state index in [2.05, 4.69) is 0 Å². The molecule has 2 aromatic carbocycles. The van der Waals surface area contributed by atoms with Crippen molar-refractivity contribution in [1.82, 2.24) is 0 Å². The average Bonchev–Trinajstić information content (AvgIpc) is 2.60. The number of methoxy groups -OCH3 is 1. The zero-order valence-electron chi connectivity index (χ0n) is 13.4. The zero-order chi connectivity index (χ0) is 17.2. The normalized spacial score (nSPS) is 16.8. The van der Waals surface area contributed by atoms with E-state index in [1.807, 2.05) is 30.3 Å². The first-order chi connectivity index (χ1) is 11.5. The Kier molecular flexibility index (Phi) is 5.23. The van der Waals surface area contributed by atoms with E-state index in [4.69, 9.17) is 26.8 Å². The monoisotopic (exact) mass is 367 g/mol. The first kappa shape index (κ1) is 17.4. The summed E-state index contributed by atoms with van der Waals surface area (Å²) in [4.78, 5) is 1.08. The van der Waals surface area contributed by atoms with Crippen molar-refractivity contribution in [2.75, 3.05) is 26.1 Å². The lowest BCUT2D eigenvalue weighted by molar-refractivity contribution is 0.0767. The number of nitrogen functional groups attached to an aromatic ring is 1. The minimum Gasteiger partial charge on any atom is -0.494 e. The molecule has 0 spiro atoms. The van der Waals surface area contributed by atoms with Crippen LogP contribution >= 0.6 is 23.4 Å². The first-order valence-electron chi connectivity index (χ1n) is 7.70. The smallest absolute Gasteiger partial charge is 0.150 e. The van der Waals surface area contributed by atoms with E-state index in [-0.39, 0.29) is 10.4 Å². The van der Waals surface area contributed by atoms with Crippen molar-refractivity contribution in [3.63, 3.8) is 0 Å². The van der Waals surface area contributed by atoms with E-state index < -0.39 is 5.82 Å². The van der Waals surface area contributed by atoms with Crippen molar-refractivity contribution < 1.29 is 13.9 Å². The Morgan fingerprint density at radius 1 is 1.21 bits per heavy atom. The van der Waals surface area contributed by atoms with Crippen molar-refractivity contribution in [2.24, 2.45) is 0 Å². The van der Waals surface area contributed by atoms with Gasteiger partial charge in [0, 0.05) is 23.1 Å². The lowest BCUT2D eigenvalue weighted by Gasteiger charge is -2.37. The van der Waals surface area contributed by atoms with Crippen LogP contribution in [-0.2, 0) is 9.48 Å². The number of thioether (sulfide) groups is 1. The molecule has 1 aliphatic heterocycles. The van der Waals surface area contributed by atoms with Crippen LogP contribution in [0.1, 0.15) is 18.4 Å². The third kappa shape index (κ3) is 3.48. The van der Waals surface area contributed by atoms with Crippen LogP contribution in [0.3, 0.4) is 0 Å². The molecule has 1 aliphatic rings. The van der Waals surface area contributed by atoms with Crippen molar-refractivity contribution in [3.8, 4) is 5.75 Å². The molecule has 0 saturated carbocycles. The van der Waals surface area contributed by atoms with E-state index in [0.29, 0.717) is 24.0 Å². The predicted molar refractivity (Wildman–Crippen MR) is 96.4 cm³/mol. The van der Waals surface area contributed by atoms with E-state index >= 15 is 0 Å². The second-order valence-electron chi connectivity index (χ2n) is 5.74. The standard InChI is InChI=1S/C18H19ClFNO2S/c1-22-16-11-12(10-15(20)17(16)21)18(6-8-23-9-7-18)24-14-4-2-13(19)3-5-14/h2-5,10-11H,6-9,21H2,1H3. The molecule has 128 valence electrons. The van der Waals surface area contributed by atoms with Crippen LogP contribution in [-0.4, -0.2) is 20.3 Å². The lowest BCUT2D eigenvalue weighted by Crippen LogP contribution is -2.31. The highest BCUT2D eigenvalue weighted by Gasteiger charge is 2.37. The molecule has 6 heteroatoms.